The number of nitrogens with one attached hydrogen (secondary N) is 1. The van der Waals surface area contributed by atoms with Gasteiger partial charge in [0.1, 0.15) is 0 Å². The van der Waals surface area contributed by atoms with Gasteiger partial charge in [0, 0.05) is 31.9 Å². The first-order valence-corrected chi connectivity index (χ1v) is 9.59. The standard InChI is InChI=1S/C13H17N3O4S2/c1-8-10(21-12(18)14-8)22(19,20)16-4-2-15(3-5-16)11(17)13-6-9(13)7-13/h9H,2-7H2,1H3,(H,14,18). The monoisotopic (exact) mass is 343 g/mol. The number of fused-ring (bicyclic) bond motifs is 1. The molecular weight excluding hydrogens is 326 g/mol. The van der Waals surface area contributed by atoms with Crippen molar-refractivity contribution in [2.45, 2.75) is 24.0 Å². The fourth-order valence-electron chi connectivity index (χ4n) is 3.25. The summed E-state index contributed by atoms with van der Waals surface area (Å²) in [6, 6.07) is 0. The first-order chi connectivity index (χ1) is 10.3. The lowest BCUT2D eigenvalue weighted by Crippen LogP contribution is -2.51. The van der Waals surface area contributed by atoms with Crippen molar-refractivity contribution in [2.75, 3.05) is 26.2 Å². The Kier molecular flexibility index (Phi) is 2.90. The predicted molar refractivity (Wildman–Crippen MR) is 80.2 cm³/mol. The van der Waals surface area contributed by atoms with Crippen molar-refractivity contribution >= 4 is 27.3 Å². The predicted octanol–water partition coefficient (Wildman–Crippen LogP) is -0.0123. The van der Waals surface area contributed by atoms with Crippen LogP contribution in [0.3, 0.4) is 0 Å². The molecule has 2 heterocycles. The van der Waals surface area contributed by atoms with Crippen molar-refractivity contribution in [2.24, 2.45) is 11.3 Å². The molecule has 1 saturated heterocycles. The maximum absolute atomic E-state index is 12.6. The van der Waals surface area contributed by atoms with Gasteiger partial charge >= 0.3 is 4.87 Å². The average Bonchev–Trinajstić information content (AvgIpc) is 3.30. The van der Waals surface area contributed by atoms with Crippen molar-refractivity contribution in [3.8, 4) is 0 Å². The molecule has 1 aliphatic heterocycles. The number of thiazole rings is 1. The summed E-state index contributed by atoms with van der Waals surface area (Å²) < 4.78 is 26.6. The minimum Gasteiger partial charge on any atom is -0.340 e. The lowest BCUT2D eigenvalue weighted by molar-refractivity contribution is -0.135. The summed E-state index contributed by atoms with van der Waals surface area (Å²) >= 11 is 0.722. The van der Waals surface area contributed by atoms with Gasteiger partial charge in [-0.2, -0.15) is 4.31 Å². The summed E-state index contributed by atoms with van der Waals surface area (Å²) in [5, 5.41) is 0. The van der Waals surface area contributed by atoms with Crippen LogP contribution in [-0.4, -0.2) is 54.7 Å². The molecular formula is C13H17N3O4S2. The number of piperazine rings is 1. The lowest BCUT2D eigenvalue weighted by Gasteiger charge is -2.34. The molecule has 2 aliphatic carbocycles. The quantitative estimate of drug-likeness (QED) is 0.836. The molecule has 1 N–H and O–H groups in total. The summed E-state index contributed by atoms with van der Waals surface area (Å²) in [4.78, 5) is 27.6. The van der Waals surface area contributed by atoms with Crippen LogP contribution < -0.4 is 4.87 Å². The minimum absolute atomic E-state index is 0.0577. The second kappa shape index (κ2) is 4.42. The van der Waals surface area contributed by atoms with E-state index in [9.17, 15) is 18.0 Å². The second-order valence-corrected chi connectivity index (χ2v) is 9.50. The van der Waals surface area contributed by atoms with Crippen LogP contribution in [0.1, 0.15) is 18.5 Å². The number of nitrogens with zero attached hydrogens (tertiary/aromatic N) is 2. The zero-order valence-corrected chi connectivity index (χ0v) is 13.8. The van der Waals surface area contributed by atoms with Gasteiger partial charge in [-0.15, -0.1) is 0 Å². The SMILES string of the molecule is Cc1[nH]c(=O)sc1S(=O)(=O)N1CCN(C(=O)C23CC2C3)CC1. The van der Waals surface area contributed by atoms with E-state index in [2.05, 4.69) is 4.98 Å². The van der Waals surface area contributed by atoms with Crippen LogP contribution in [0.25, 0.3) is 0 Å². The summed E-state index contributed by atoms with van der Waals surface area (Å²) in [6.07, 6.45) is 2.03. The molecule has 1 aromatic rings. The number of hydrogen-bond acceptors (Lipinski definition) is 5. The Hall–Kier alpha value is -1.19. The van der Waals surface area contributed by atoms with E-state index in [1.54, 1.807) is 11.8 Å². The van der Waals surface area contributed by atoms with E-state index in [1.807, 2.05) is 0 Å². The maximum atomic E-state index is 12.6. The summed E-state index contributed by atoms with van der Waals surface area (Å²) in [5.41, 5.74) is 0.323. The number of carbonyl (C=O) groups is 1. The van der Waals surface area contributed by atoms with Gasteiger partial charge < -0.3 is 9.88 Å². The summed E-state index contributed by atoms with van der Waals surface area (Å²) in [6.45, 7) is 3.04. The molecule has 0 bridgehead atoms. The Bertz CT molecular complexity index is 795. The number of aromatic nitrogens is 1. The number of aromatic amines is 1. The van der Waals surface area contributed by atoms with Crippen molar-refractivity contribution in [3.05, 3.63) is 15.4 Å². The average molecular weight is 343 g/mol. The third kappa shape index (κ3) is 1.99. The number of aryl methyl sites for hydroxylation is 1. The van der Waals surface area contributed by atoms with Crippen LogP contribution in [-0.2, 0) is 14.8 Å². The number of rotatable bonds is 3. The fraction of sp³-hybridized carbons (Fsp3) is 0.692. The molecule has 120 valence electrons. The zero-order chi connectivity index (χ0) is 15.7. The van der Waals surface area contributed by atoms with Gasteiger partial charge in [-0.3, -0.25) is 9.59 Å². The number of carbonyl (C=O) groups excluding carboxylic acids is 1. The Morgan fingerprint density at radius 2 is 1.86 bits per heavy atom. The molecule has 1 aromatic heterocycles. The Labute approximate surface area is 132 Å². The van der Waals surface area contributed by atoms with Crippen molar-refractivity contribution in [3.63, 3.8) is 0 Å². The maximum Gasteiger partial charge on any atom is 0.305 e. The topological polar surface area (TPSA) is 90.5 Å². The van der Waals surface area contributed by atoms with Gasteiger partial charge in [0.15, 0.2) is 4.21 Å². The molecule has 4 rings (SSSR count). The lowest BCUT2D eigenvalue weighted by atomic mass is 10.2. The number of sulfonamides is 1. The normalized spacial score (nSPS) is 31.0. The van der Waals surface area contributed by atoms with E-state index in [0.29, 0.717) is 37.8 Å². The van der Waals surface area contributed by atoms with E-state index in [-0.39, 0.29) is 20.4 Å². The molecule has 9 heteroatoms. The van der Waals surface area contributed by atoms with E-state index in [1.165, 1.54) is 4.31 Å². The van der Waals surface area contributed by atoms with Crippen molar-refractivity contribution in [1.82, 2.24) is 14.2 Å². The van der Waals surface area contributed by atoms with Crippen LogP contribution in [0.5, 0.6) is 0 Å². The molecule has 0 radical (unpaired) electrons. The zero-order valence-electron chi connectivity index (χ0n) is 12.2. The third-order valence-electron chi connectivity index (χ3n) is 4.99. The van der Waals surface area contributed by atoms with Gasteiger partial charge in [0.2, 0.25) is 5.91 Å². The van der Waals surface area contributed by atoms with E-state index in [4.69, 9.17) is 0 Å². The van der Waals surface area contributed by atoms with Gasteiger partial charge in [-0.1, -0.05) is 11.3 Å². The van der Waals surface area contributed by atoms with Gasteiger partial charge in [0.25, 0.3) is 10.0 Å². The second-order valence-electron chi connectivity index (χ2n) is 6.38. The highest BCUT2D eigenvalue weighted by Gasteiger charge is 2.75. The number of H-pyrrole nitrogens is 1. The highest BCUT2D eigenvalue weighted by Crippen LogP contribution is 2.75. The highest BCUT2D eigenvalue weighted by molar-refractivity contribution is 7.91. The van der Waals surface area contributed by atoms with Crippen molar-refractivity contribution in [1.29, 1.82) is 0 Å². The van der Waals surface area contributed by atoms with Crippen LogP contribution >= 0.6 is 11.3 Å². The molecule has 7 nitrogen and oxygen atoms in total. The molecule has 0 unspecified atom stereocenters. The largest absolute Gasteiger partial charge is 0.340 e. The summed E-state index contributed by atoms with van der Waals surface area (Å²) in [7, 11) is -3.65. The molecule has 2 saturated carbocycles. The molecule has 1 amide bonds. The molecule has 22 heavy (non-hydrogen) atoms. The first kappa shape index (κ1) is 14.4. The van der Waals surface area contributed by atoms with Crippen LogP contribution in [0.4, 0.5) is 0 Å². The number of amides is 1. The molecule has 0 aromatic carbocycles. The van der Waals surface area contributed by atoms with Crippen LogP contribution in [0.2, 0.25) is 0 Å². The van der Waals surface area contributed by atoms with Crippen molar-refractivity contribution < 1.29 is 13.2 Å². The molecule has 3 fully saturated rings. The molecule has 0 atom stereocenters. The van der Waals surface area contributed by atoms with Crippen LogP contribution in [0, 0.1) is 18.3 Å². The van der Waals surface area contributed by atoms with Gasteiger partial charge in [-0.25, -0.2) is 8.42 Å². The van der Waals surface area contributed by atoms with Crippen LogP contribution in [0.15, 0.2) is 9.00 Å². The van der Waals surface area contributed by atoms with Gasteiger partial charge in [0.05, 0.1) is 5.41 Å². The van der Waals surface area contributed by atoms with Gasteiger partial charge in [-0.05, 0) is 25.7 Å². The molecule has 3 aliphatic rings. The Morgan fingerprint density at radius 3 is 2.32 bits per heavy atom. The highest BCUT2D eigenvalue weighted by atomic mass is 32.2. The fourth-order valence-corrected chi connectivity index (χ4v) is 6.11. The third-order valence-corrected chi connectivity index (χ3v) is 8.47. The Balaban J connectivity index is 1.47. The van der Waals surface area contributed by atoms with E-state index in [0.717, 1.165) is 24.2 Å². The Morgan fingerprint density at radius 1 is 1.27 bits per heavy atom. The summed E-state index contributed by atoms with van der Waals surface area (Å²) in [5.74, 6) is 0.804. The smallest absolute Gasteiger partial charge is 0.305 e. The molecule has 0 spiro atoms. The minimum atomic E-state index is -3.65. The van der Waals surface area contributed by atoms with E-state index < -0.39 is 10.0 Å². The first-order valence-electron chi connectivity index (χ1n) is 7.34. The number of hydrogen-bond donors (Lipinski definition) is 1. The van der Waals surface area contributed by atoms with E-state index >= 15 is 0 Å².